The Labute approximate surface area is 272 Å². The number of esters is 1. The van der Waals surface area contributed by atoms with Crippen LogP contribution in [0.5, 0.6) is 0 Å². The summed E-state index contributed by atoms with van der Waals surface area (Å²) in [5.74, 6) is -1.61. The van der Waals surface area contributed by atoms with Gasteiger partial charge in [0.15, 0.2) is 0 Å². The van der Waals surface area contributed by atoms with Crippen LogP contribution in [0.3, 0.4) is 0 Å². The molecule has 0 aromatic heterocycles. The monoisotopic (exact) mass is 640 g/mol. The number of amides is 3. The molecule has 2 aromatic rings. The summed E-state index contributed by atoms with van der Waals surface area (Å²) in [6.07, 6.45) is 0.430. The maximum atomic E-state index is 13.7. The lowest BCUT2D eigenvalue weighted by Gasteiger charge is -2.34. The summed E-state index contributed by atoms with van der Waals surface area (Å²) in [6, 6.07) is 16.1. The second kappa shape index (κ2) is 16.9. The third-order valence-electron chi connectivity index (χ3n) is 7.16. The van der Waals surface area contributed by atoms with Crippen molar-refractivity contribution in [2.45, 2.75) is 97.0 Å². The van der Waals surface area contributed by atoms with Gasteiger partial charge in [0.05, 0.1) is 18.1 Å². The fourth-order valence-corrected chi connectivity index (χ4v) is 4.98. The van der Waals surface area contributed by atoms with E-state index < -0.39 is 53.1 Å². The summed E-state index contributed by atoms with van der Waals surface area (Å²) in [7, 11) is 1.27. The van der Waals surface area contributed by atoms with E-state index in [4.69, 9.17) is 21.7 Å². The topological polar surface area (TPSA) is 135 Å². The van der Waals surface area contributed by atoms with Crippen LogP contribution in [0.15, 0.2) is 60.7 Å². The van der Waals surface area contributed by atoms with Gasteiger partial charge >= 0.3 is 12.1 Å². The van der Waals surface area contributed by atoms with Crippen molar-refractivity contribution >= 4 is 41.1 Å². The zero-order chi connectivity index (χ0) is 33.8. The number of nitrogens with one attached hydrogen (secondary N) is 4. The molecule has 2 aromatic carbocycles. The number of carbonyl (C=O) groups excluding carboxylic acids is 4. The fourth-order valence-electron chi connectivity index (χ4n) is 4.43. The van der Waals surface area contributed by atoms with Crippen molar-refractivity contribution in [2.24, 2.45) is 5.92 Å². The maximum Gasteiger partial charge on any atom is 0.408 e. The molecule has 0 fully saturated rings. The first kappa shape index (κ1) is 37.2. The number of alkyl carbamates (subject to hydrolysis) is 1. The van der Waals surface area contributed by atoms with Crippen LogP contribution in [0.2, 0.25) is 0 Å². The minimum Gasteiger partial charge on any atom is -0.467 e. The molecule has 3 amide bonds. The van der Waals surface area contributed by atoms with Crippen molar-refractivity contribution in [2.75, 3.05) is 7.11 Å². The number of rotatable bonds is 14. The smallest absolute Gasteiger partial charge is 0.408 e. The molecule has 0 saturated carbocycles. The maximum absolute atomic E-state index is 13.7. The van der Waals surface area contributed by atoms with Crippen molar-refractivity contribution < 1.29 is 28.7 Å². The number of hydrogen-bond donors (Lipinski definition) is 4. The fraction of sp³-hybridized carbons (Fsp3) is 0.500. The first-order valence-electron chi connectivity index (χ1n) is 15.1. The van der Waals surface area contributed by atoms with Gasteiger partial charge in [0, 0.05) is 12.8 Å². The SMILES string of the molecule is CCC(C)[C@H](NC(=O)[C@H](Cc1ccccc1)NC(=O)OC(C)(C)C)C(=S)NC(C)(C)C(=O)N[C@@H](Cc1ccccc1)C(=O)OC. The Bertz CT molecular complexity index is 1300. The van der Waals surface area contributed by atoms with Crippen LogP contribution in [0.1, 0.15) is 66.0 Å². The Morgan fingerprint density at radius 1 is 0.800 bits per heavy atom. The van der Waals surface area contributed by atoms with Crippen molar-refractivity contribution in [3.63, 3.8) is 0 Å². The molecule has 0 aliphatic heterocycles. The zero-order valence-corrected chi connectivity index (χ0v) is 28.4. The second-order valence-electron chi connectivity index (χ2n) is 12.6. The summed E-state index contributed by atoms with van der Waals surface area (Å²) in [5, 5.41) is 11.6. The third-order valence-corrected chi connectivity index (χ3v) is 7.52. The predicted octanol–water partition coefficient (Wildman–Crippen LogP) is 4.25. The van der Waals surface area contributed by atoms with E-state index in [-0.39, 0.29) is 23.7 Å². The highest BCUT2D eigenvalue weighted by molar-refractivity contribution is 7.80. The summed E-state index contributed by atoms with van der Waals surface area (Å²) in [5.41, 5.74) is -0.292. The molecule has 0 aliphatic carbocycles. The van der Waals surface area contributed by atoms with Crippen molar-refractivity contribution in [1.29, 1.82) is 0 Å². The van der Waals surface area contributed by atoms with Gasteiger partial charge in [-0.25, -0.2) is 9.59 Å². The molecule has 10 nitrogen and oxygen atoms in total. The summed E-state index contributed by atoms with van der Waals surface area (Å²) in [4.78, 5) is 52.6. The first-order valence-corrected chi connectivity index (χ1v) is 15.6. The van der Waals surface area contributed by atoms with Crippen LogP contribution in [-0.4, -0.2) is 65.2 Å². The van der Waals surface area contributed by atoms with Crippen molar-refractivity contribution in [1.82, 2.24) is 21.3 Å². The molecule has 0 saturated heterocycles. The number of benzene rings is 2. The minimum atomic E-state index is -1.26. The molecule has 11 heteroatoms. The summed E-state index contributed by atoms with van der Waals surface area (Å²) < 4.78 is 10.4. The first-order chi connectivity index (χ1) is 21.1. The van der Waals surface area contributed by atoms with Crippen LogP contribution in [0.25, 0.3) is 0 Å². The average molecular weight is 641 g/mol. The minimum absolute atomic E-state index is 0.118. The van der Waals surface area contributed by atoms with Gasteiger partial charge in [-0.15, -0.1) is 0 Å². The van der Waals surface area contributed by atoms with Crippen LogP contribution >= 0.6 is 12.2 Å². The molecule has 0 spiro atoms. The van der Waals surface area contributed by atoms with E-state index in [2.05, 4.69) is 21.3 Å². The van der Waals surface area contributed by atoms with Gasteiger partial charge in [0.1, 0.15) is 23.2 Å². The van der Waals surface area contributed by atoms with Gasteiger partial charge in [-0.1, -0.05) is 93.1 Å². The summed E-state index contributed by atoms with van der Waals surface area (Å²) in [6.45, 7) is 12.4. The highest BCUT2D eigenvalue weighted by Gasteiger charge is 2.36. The van der Waals surface area contributed by atoms with E-state index in [9.17, 15) is 19.2 Å². The normalized spacial score (nSPS) is 14.1. The van der Waals surface area contributed by atoms with Gasteiger partial charge in [-0.3, -0.25) is 9.59 Å². The van der Waals surface area contributed by atoms with Crippen LogP contribution in [0, 0.1) is 5.92 Å². The zero-order valence-electron chi connectivity index (χ0n) is 27.6. The van der Waals surface area contributed by atoms with Gasteiger partial charge in [-0.2, -0.15) is 0 Å². The van der Waals surface area contributed by atoms with E-state index in [1.807, 2.05) is 74.5 Å². The Morgan fingerprint density at radius 3 is 1.78 bits per heavy atom. The van der Waals surface area contributed by atoms with E-state index in [0.717, 1.165) is 11.1 Å². The van der Waals surface area contributed by atoms with Gasteiger partial charge in [0.25, 0.3) is 0 Å². The molecule has 45 heavy (non-hydrogen) atoms. The van der Waals surface area contributed by atoms with E-state index in [0.29, 0.717) is 6.42 Å². The molecule has 2 rings (SSSR count). The Hall–Kier alpha value is -3.99. The lowest BCUT2D eigenvalue weighted by molar-refractivity contribution is -0.145. The number of methoxy groups -OCH3 is 1. The molecular formula is C34H48N4O6S. The summed E-state index contributed by atoms with van der Waals surface area (Å²) >= 11 is 5.76. The standard InChI is InChI=1S/C34H48N4O6S/c1-9-22(2)27(37-28(39)25(20-23-16-12-10-13-17-23)36-32(42)44-33(3,4)5)29(45)38-34(6,7)31(41)35-26(30(40)43-8)21-24-18-14-11-15-19-24/h10-19,22,25-27H,9,20-21H2,1-8H3,(H,35,41)(H,36,42)(H,37,39)(H,38,45)/t22?,25-,26-,27-/m0/s1. The van der Waals surface area contributed by atoms with E-state index in [1.165, 1.54) is 7.11 Å². The highest BCUT2D eigenvalue weighted by atomic mass is 32.1. The number of thiocarbonyl (C=S) groups is 1. The Morgan fingerprint density at radius 2 is 1.31 bits per heavy atom. The molecule has 0 aliphatic rings. The van der Waals surface area contributed by atoms with Crippen molar-refractivity contribution in [3.05, 3.63) is 71.8 Å². The van der Waals surface area contributed by atoms with Crippen LogP contribution < -0.4 is 21.3 Å². The Balaban J connectivity index is 2.22. The lowest BCUT2D eigenvalue weighted by atomic mass is 9.95. The second-order valence-corrected chi connectivity index (χ2v) is 13.1. The molecule has 0 radical (unpaired) electrons. The van der Waals surface area contributed by atoms with Gasteiger partial charge in [-0.05, 0) is 51.7 Å². The van der Waals surface area contributed by atoms with E-state index in [1.54, 1.807) is 34.6 Å². The number of ether oxygens (including phenoxy) is 2. The molecule has 1 unspecified atom stereocenters. The highest BCUT2D eigenvalue weighted by Crippen LogP contribution is 2.15. The average Bonchev–Trinajstić information content (AvgIpc) is 2.98. The van der Waals surface area contributed by atoms with Crippen LogP contribution in [0.4, 0.5) is 4.79 Å². The van der Waals surface area contributed by atoms with Gasteiger partial charge < -0.3 is 30.7 Å². The van der Waals surface area contributed by atoms with E-state index >= 15 is 0 Å². The molecule has 246 valence electrons. The quantitative estimate of drug-likeness (QED) is 0.178. The third kappa shape index (κ3) is 12.5. The molecule has 0 bridgehead atoms. The largest absolute Gasteiger partial charge is 0.467 e. The number of hydrogen-bond acceptors (Lipinski definition) is 7. The lowest BCUT2D eigenvalue weighted by Crippen LogP contribution is -2.62. The Kier molecular flexibility index (Phi) is 14.0. The molecule has 4 N–H and O–H groups in total. The molecule has 0 heterocycles. The number of carbonyl (C=O) groups is 4. The van der Waals surface area contributed by atoms with Gasteiger partial charge in [0.2, 0.25) is 11.8 Å². The predicted molar refractivity (Wildman–Crippen MR) is 179 cm³/mol. The molecule has 4 atom stereocenters. The van der Waals surface area contributed by atoms with Crippen molar-refractivity contribution in [3.8, 4) is 0 Å². The van der Waals surface area contributed by atoms with Crippen LogP contribution in [-0.2, 0) is 36.7 Å². The molecular weight excluding hydrogens is 592 g/mol.